The molecule has 23 heavy (non-hydrogen) atoms. The van der Waals surface area contributed by atoms with Crippen LogP contribution in [-0.4, -0.2) is 16.0 Å². The van der Waals surface area contributed by atoms with E-state index in [0.717, 1.165) is 18.4 Å². The molecular formula is C18H21N3O2. The first-order valence-electron chi connectivity index (χ1n) is 7.92. The van der Waals surface area contributed by atoms with Crippen molar-refractivity contribution >= 4 is 11.6 Å². The zero-order valence-electron chi connectivity index (χ0n) is 13.0. The highest BCUT2D eigenvalue weighted by atomic mass is 16.2. The second-order valence-corrected chi connectivity index (χ2v) is 6.16. The van der Waals surface area contributed by atoms with Gasteiger partial charge in [0.25, 0.3) is 5.56 Å². The van der Waals surface area contributed by atoms with E-state index in [1.807, 2.05) is 30.3 Å². The summed E-state index contributed by atoms with van der Waals surface area (Å²) in [4.78, 5) is 24.9. The van der Waals surface area contributed by atoms with Crippen LogP contribution in [0.3, 0.4) is 0 Å². The number of nitrogens with one attached hydrogen (secondary N) is 1. The molecule has 2 aromatic rings. The zero-order valence-corrected chi connectivity index (χ0v) is 13.0. The number of carbonyl (C=O) groups is 1. The molecule has 0 bridgehead atoms. The lowest BCUT2D eigenvalue weighted by Gasteiger charge is -2.22. The molecule has 3 N–H and O–H groups in total. The maximum absolute atomic E-state index is 12.5. The molecule has 0 unspecified atom stereocenters. The van der Waals surface area contributed by atoms with E-state index in [0.29, 0.717) is 19.4 Å². The summed E-state index contributed by atoms with van der Waals surface area (Å²) in [6.07, 6.45) is 4.97. The third-order valence-electron chi connectivity index (χ3n) is 4.41. The average Bonchev–Trinajstić information content (AvgIpc) is 3.00. The summed E-state index contributed by atoms with van der Waals surface area (Å²) in [6, 6.07) is 13.1. The van der Waals surface area contributed by atoms with E-state index < -0.39 is 5.54 Å². The van der Waals surface area contributed by atoms with E-state index in [1.54, 1.807) is 22.9 Å². The van der Waals surface area contributed by atoms with Crippen molar-refractivity contribution in [2.75, 3.05) is 5.32 Å². The minimum Gasteiger partial charge on any atom is -0.320 e. The first-order chi connectivity index (χ1) is 11.1. The number of aromatic nitrogens is 1. The molecule has 1 aromatic carbocycles. The third-order valence-corrected chi connectivity index (χ3v) is 4.41. The highest BCUT2D eigenvalue weighted by Crippen LogP contribution is 2.28. The molecule has 0 saturated heterocycles. The molecule has 1 fully saturated rings. The van der Waals surface area contributed by atoms with Crippen molar-refractivity contribution in [1.29, 1.82) is 0 Å². The Morgan fingerprint density at radius 2 is 1.83 bits per heavy atom. The van der Waals surface area contributed by atoms with Gasteiger partial charge < -0.3 is 15.6 Å². The molecule has 120 valence electrons. The summed E-state index contributed by atoms with van der Waals surface area (Å²) >= 11 is 0. The summed E-state index contributed by atoms with van der Waals surface area (Å²) in [7, 11) is 0. The predicted molar refractivity (Wildman–Crippen MR) is 90.3 cm³/mol. The van der Waals surface area contributed by atoms with Crippen LogP contribution in [0.4, 0.5) is 5.69 Å². The van der Waals surface area contributed by atoms with Crippen molar-refractivity contribution in [2.45, 2.75) is 37.8 Å². The minimum absolute atomic E-state index is 0.216. The first-order valence-corrected chi connectivity index (χ1v) is 7.92. The van der Waals surface area contributed by atoms with Crippen LogP contribution in [0.15, 0.2) is 53.5 Å². The number of nitrogens with two attached hydrogens (primary N) is 1. The van der Waals surface area contributed by atoms with Gasteiger partial charge in [-0.25, -0.2) is 0 Å². The van der Waals surface area contributed by atoms with Gasteiger partial charge in [0.05, 0.1) is 12.1 Å². The molecule has 1 aromatic heterocycles. The van der Waals surface area contributed by atoms with Crippen molar-refractivity contribution < 1.29 is 4.79 Å². The highest BCUT2D eigenvalue weighted by Gasteiger charge is 2.37. The molecular weight excluding hydrogens is 290 g/mol. The van der Waals surface area contributed by atoms with Gasteiger partial charge in [0.1, 0.15) is 5.69 Å². The number of benzene rings is 1. The largest absolute Gasteiger partial charge is 0.320 e. The highest BCUT2D eigenvalue weighted by molar-refractivity contribution is 5.98. The van der Waals surface area contributed by atoms with Crippen molar-refractivity contribution in [3.05, 3.63) is 64.6 Å². The van der Waals surface area contributed by atoms with Crippen LogP contribution < -0.4 is 16.6 Å². The van der Waals surface area contributed by atoms with Crippen LogP contribution in [-0.2, 0) is 11.3 Å². The summed E-state index contributed by atoms with van der Waals surface area (Å²) < 4.78 is 1.59. The normalized spacial score (nSPS) is 16.2. The van der Waals surface area contributed by atoms with Crippen LogP contribution >= 0.6 is 0 Å². The smallest absolute Gasteiger partial charge is 0.274 e. The average molecular weight is 311 g/mol. The predicted octanol–water partition coefficient (Wildman–Crippen LogP) is 2.11. The maximum Gasteiger partial charge on any atom is 0.274 e. The Morgan fingerprint density at radius 3 is 2.52 bits per heavy atom. The Balaban J connectivity index is 1.80. The van der Waals surface area contributed by atoms with Gasteiger partial charge >= 0.3 is 0 Å². The van der Waals surface area contributed by atoms with Gasteiger partial charge in [0.15, 0.2) is 0 Å². The summed E-state index contributed by atoms with van der Waals surface area (Å²) in [5, 5.41) is 2.72. The molecule has 1 saturated carbocycles. The van der Waals surface area contributed by atoms with Gasteiger partial charge in [-0.15, -0.1) is 0 Å². The van der Waals surface area contributed by atoms with Gasteiger partial charge in [0.2, 0.25) is 5.91 Å². The fraction of sp³-hybridized carbons (Fsp3) is 0.333. The molecule has 5 heteroatoms. The van der Waals surface area contributed by atoms with Crippen LogP contribution in [0.1, 0.15) is 31.2 Å². The lowest BCUT2D eigenvalue weighted by molar-refractivity contribution is -0.121. The molecule has 1 aliphatic carbocycles. The molecule has 1 heterocycles. The molecule has 0 atom stereocenters. The molecule has 0 radical (unpaired) electrons. The van der Waals surface area contributed by atoms with Crippen molar-refractivity contribution in [2.24, 2.45) is 5.73 Å². The van der Waals surface area contributed by atoms with Crippen LogP contribution in [0.25, 0.3) is 0 Å². The van der Waals surface area contributed by atoms with Gasteiger partial charge in [0, 0.05) is 6.20 Å². The fourth-order valence-corrected chi connectivity index (χ4v) is 3.02. The second kappa shape index (κ2) is 6.38. The number of pyridine rings is 1. The zero-order chi connectivity index (χ0) is 16.3. The van der Waals surface area contributed by atoms with Crippen molar-refractivity contribution in [3.63, 3.8) is 0 Å². The molecule has 5 nitrogen and oxygen atoms in total. The number of nitrogens with zero attached hydrogens (tertiary/aromatic N) is 1. The number of hydrogen-bond acceptors (Lipinski definition) is 3. The van der Waals surface area contributed by atoms with Crippen molar-refractivity contribution in [1.82, 2.24) is 4.57 Å². The number of amides is 1. The number of anilines is 1. The van der Waals surface area contributed by atoms with E-state index in [9.17, 15) is 9.59 Å². The summed E-state index contributed by atoms with van der Waals surface area (Å²) in [6.45, 7) is 0.469. The van der Waals surface area contributed by atoms with E-state index >= 15 is 0 Å². The molecule has 0 spiro atoms. The molecule has 1 aliphatic rings. The number of rotatable bonds is 4. The Bertz CT molecular complexity index is 746. The standard InChI is InChI=1S/C18H21N3O2/c19-18(10-4-5-11-18)17(23)20-15-9-6-12-21(16(15)22)13-14-7-2-1-3-8-14/h1-3,6-9,12H,4-5,10-11,13,19H2,(H,20,23). The van der Waals surface area contributed by atoms with E-state index in [-0.39, 0.29) is 17.2 Å². The summed E-state index contributed by atoms with van der Waals surface area (Å²) in [5.74, 6) is -0.260. The summed E-state index contributed by atoms with van der Waals surface area (Å²) in [5.41, 5.74) is 6.40. The number of carbonyl (C=O) groups excluding carboxylic acids is 1. The Hall–Kier alpha value is -2.40. The van der Waals surface area contributed by atoms with E-state index in [1.165, 1.54) is 0 Å². The first kappa shape index (κ1) is 15.5. The minimum atomic E-state index is -0.841. The maximum atomic E-state index is 12.5. The van der Waals surface area contributed by atoms with Gasteiger partial charge in [-0.2, -0.15) is 0 Å². The van der Waals surface area contributed by atoms with Crippen LogP contribution in [0.2, 0.25) is 0 Å². The third kappa shape index (κ3) is 3.35. The Labute approximate surface area is 135 Å². The van der Waals surface area contributed by atoms with Crippen LogP contribution in [0, 0.1) is 0 Å². The van der Waals surface area contributed by atoms with Gasteiger partial charge in [-0.3, -0.25) is 9.59 Å². The lowest BCUT2D eigenvalue weighted by atomic mass is 9.98. The quantitative estimate of drug-likeness (QED) is 0.908. The molecule has 1 amide bonds. The Morgan fingerprint density at radius 1 is 1.13 bits per heavy atom. The van der Waals surface area contributed by atoms with Gasteiger partial charge in [-0.05, 0) is 30.5 Å². The topological polar surface area (TPSA) is 77.1 Å². The Kier molecular flexibility index (Phi) is 4.30. The fourth-order valence-electron chi connectivity index (χ4n) is 3.02. The van der Waals surface area contributed by atoms with E-state index in [4.69, 9.17) is 5.73 Å². The number of hydrogen-bond donors (Lipinski definition) is 2. The molecule has 3 rings (SSSR count). The SMILES string of the molecule is NC1(C(=O)Nc2cccn(Cc3ccccc3)c2=O)CCCC1. The van der Waals surface area contributed by atoms with Crippen molar-refractivity contribution in [3.8, 4) is 0 Å². The van der Waals surface area contributed by atoms with E-state index in [2.05, 4.69) is 5.32 Å². The van der Waals surface area contributed by atoms with Gasteiger partial charge in [-0.1, -0.05) is 43.2 Å². The lowest BCUT2D eigenvalue weighted by Crippen LogP contribution is -2.49. The second-order valence-electron chi connectivity index (χ2n) is 6.16. The molecule has 0 aliphatic heterocycles. The monoisotopic (exact) mass is 311 g/mol. The van der Waals surface area contributed by atoms with Crippen LogP contribution in [0.5, 0.6) is 0 Å².